The van der Waals surface area contributed by atoms with Crippen molar-refractivity contribution >= 4 is 5.90 Å². The summed E-state index contributed by atoms with van der Waals surface area (Å²) >= 11 is 0. The fraction of sp³-hybridized carbons (Fsp3) is 0.308. The van der Waals surface area contributed by atoms with Crippen molar-refractivity contribution in [3.05, 3.63) is 48.1 Å². The van der Waals surface area contributed by atoms with E-state index in [4.69, 9.17) is 10.6 Å². The first-order chi connectivity index (χ1) is 9.10. The van der Waals surface area contributed by atoms with Crippen LogP contribution in [0.2, 0.25) is 0 Å². The number of rotatable bonds is 7. The van der Waals surface area contributed by atoms with Gasteiger partial charge in [-0.2, -0.15) is 0 Å². The van der Waals surface area contributed by atoms with Gasteiger partial charge in [0.2, 0.25) is 5.90 Å². The molecule has 0 aromatic carbocycles. The molecule has 0 fully saturated rings. The SMILES string of the molecule is CC(C)=C/C(=N\C=C\NN)OC/C(F)=C\C=C/CF. The summed E-state index contributed by atoms with van der Waals surface area (Å²) in [4.78, 5) is 3.95. The van der Waals surface area contributed by atoms with Crippen molar-refractivity contribution in [2.24, 2.45) is 10.8 Å². The minimum Gasteiger partial charge on any atom is -0.470 e. The lowest BCUT2D eigenvalue weighted by Crippen LogP contribution is -2.12. The highest BCUT2D eigenvalue weighted by atomic mass is 19.1. The highest BCUT2D eigenvalue weighted by Crippen LogP contribution is 2.01. The standard InChI is InChI=1S/C13H19F2N3O/c1-11(2)9-13(17-7-8-18-16)19-10-12(15)5-3-4-6-14/h3-5,7-9,18H,6,10,16H2,1-2H3/b4-3-,8-7+,12-5+,17-13+. The van der Waals surface area contributed by atoms with Crippen LogP contribution in [0.15, 0.2) is 53.1 Å². The molecule has 0 amide bonds. The number of halogens is 2. The van der Waals surface area contributed by atoms with Crippen LogP contribution in [0, 0.1) is 0 Å². The molecular weight excluding hydrogens is 252 g/mol. The lowest BCUT2D eigenvalue weighted by molar-refractivity contribution is 0.309. The van der Waals surface area contributed by atoms with E-state index in [1.165, 1.54) is 24.6 Å². The first kappa shape index (κ1) is 17.1. The number of nitrogens with one attached hydrogen (secondary N) is 1. The number of ether oxygens (including phenoxy) is 1. The average Bonchev–Trinajstić information content (AvgIpc) is 2.36. The topological polar surface area (TPSA) is 59.6 Å². The molecule has 0 heterocycles. The largest absolute Gasteiger partial charge is 0.470 e. The van der Waals surface area contributed by atoms with Gasteiger partial charge >= 0.3 is 0 Å². The van der Waals surface area contributed by atoms with Crippen LogP contribution in [0.3, 0.4) is 0 Å². The van der Waals surface area contributed by atoms with E-state index in [0.29, 0.717) is 0 Å². The van der Waals surface area contributed by atoms with E-state index >= 15 is 0 Å². The quantitative estimate of drug-likeness (QED) is 0.246. The summed E-state index contributed by atoms with van der Waals surface area (Å²) in [6.07, 6.45) is 8.06. The Balaban J connectivity index is 4.54. The Hall–Kier alpha value is -1.95. The zero-order valence-corrected chi connectivity index (χ0v) is 11.1. The van der Waals surface area contributed by atoms with Crippen molar-refractivity contribution in [1.29, 1.82) is 0 Å². The van der Waals surface area contributed by atoms with Gasteiger partial charge in [0, 0.05) is 12.4 Å². The van der Waals surface area contributed by atoms with Crippen molar-refractivity contribution in [3.8, 4) is 0 Å². The summed E-state index contributed by atoms with van der Waals surface area (Å²) < 4.78 is 30.2. The molecule has 0 aliphatic heterocycles. The van der Waals surface area contributed by atoms with Gasteiger partial charge in [-0.25, -0.2) is 13.8 Å². The van der Waals surface area contributed by atoms with Crippen molar-refractivity contribution < 1.29 is 13.5 Å². The number of allylic oxidation sites excluding steroid dienone is 4. The number of nitrogens with zero attached hydrogens (tertiary/aromatic N) is 1. The van der Waals surface area contributed by atoms with E-state index in [1.54, 1.807) is 6.08 Å². The van der Waals surface area contributed by atoms with E-state index in [-0.39, 0.29) is 12.5 Å². The second-order valence-corrected chi connectivity index (χ2v) is 3.66. The van der Waals surface area contributed by atoms with Crippen LogP contribution < -0.4 is 11.3 Å². The van der Waals surface area contributed by atoms with Crippen molar-refractivity contribution in [3.63, 3.8) is 0 Å². The van der Waals surface area contributed by atoms with Crippen LogP contribution in [0.1, 0.15) is 13.8 Å². The Kier molecular flexibility index (Phi) is 10.0. The van der Waals surface area contributed by atoms with Crippen LogP contribution in [0.5, 0.6) is 0 Å². The Labute approximate surface area is 112 Å². The lowest BCUT2D eigenvalue weighted by Gasteiger charge is -2.04. The predicted molar refractivity (Wildman–Crippen MR) is 73.6 cm³/mol. The monoisotopic (exact) mass is 271 g/mol. The molecule has 0 aliphatic carbocycles. The highest BCUT2D eigenvalue weighted by Gasteiger charge is 1.99. The van der Waals surface area contributed by atoms with Crippen LogP contribution in [0.25, 0.3) is 0 Å². The number of alkyl halides is 1. The second kappa shape index (κ2) is 11.2. The fourth-order valence-corrected chi connectivity index (χ4v) is 0.932. The maximum absolute atomic E-state index is 13.2. The maximum atomic E-state index is 13.2. The molecule has 0 spiro atoms. The first-order valence-corrected chi connectivity index (χ1v) is 5.64. The molecule has 0 bridgehead atoms. The highest BCUT2D eigenvalue weighted by molar-refractivity contribution is 5.88. The Morgan fingerprint density at radius 3 is 2.74 bits per heavy atom. The van der Waals surface area contributed by atoms with Gasteiger partial charge in [-0.3, -0.25) is 5.84 Å². The van der Waals surface area contributed by atoms with Crippen molar-refractivity contribution in [1.82, 2.24) is 5.43 Å². The normalized spacial score (nSPS) is 13.1. The van der Waals surface area contributed by atoms with Gasteiger partial charge in [0.05, 0.1) is 0 Å². The van der Waals surface area contributed by atoms with Gasteiger partial charge in [0.25, 0.3) is 0 Å². The summed E-state index contributed by atoms with van der Waals surface area (Å²) in [5, 5.41) is 0. The number of hydrogen-bond donors (Lipinski definition) is 2. The molecule has 106 valence electrons. The average molecular weight is 271 g/mol. The van der Waals surface area contributed by atoms with Crippen LogP contribution in [-0.2, 0) is 4.74 Å². The molecule has 0 rings (SSSR count). The van der Waals surface area contributed by atoms with E-state index in [9.17, 15) is 8.78 Å². The first-order valence-electron chi connectivity index (χ1n) is 5.64. The number of hydrazine groups is 1. The van der Waals surface area contributed by atoms with E-state index in [0.717, 1.165) is 11.6 Å². The smallest absolute Gasteiger partial charge is 0.213 e. The summed E-state index contributed by atoms with van der Waals surface area (Å²) in [5.74, 6) is 4.76. The van der Waals surface area contributed by atoms with E-state index in [1.807, 2.05) is 13.8 Å². The molecule has 6 heteroatoms. The van der Waals surface area contributed by atoms with Crippen molar-refractivity contribution in [2.75, 3.05) is 13.3 Å². The Morgan fingerprint density at radius 2 is 2.16 bits per heavy atom. The Morgan fingerprint density at radius 1 is 1.42 bits per heavy atom. The molecule has 0 saturated carbocycles. The molecule has 0 aromatic heterocycles. The van der Waals surface area contributed by atoms with Crippen LogP contribution >= 0.6 is 0 Å². The third kappa shape index (κ3) is 10.9. The zero-order chi connectivity index (χ0) is 14.5. The molecule has 19 heavy (non-hydrogen) atoms. The molecule has 0 unspecified atom stereocenters. The molecule has 4 nitrogen and oxygen atoms in total. The maximum Gasteiger partial charge on any atom is 0.213 e. The van der Waals surface area contributed by atoms with E-state index < -0.39 is 12.5 Å². The van der Waals surface area contributed by atoms with Crippen molar-refractivity contribution in [2.45, 2.75) is 13.8 Å². The second-order valence-electron chi connectivity index (χ2n) is 3.66. The Bertz CT molecular complexity index is 395. The number of nitrogens with two attached hydrogens (primary N) is 1. The lowest BCUT2D eigenvalue weighted by atomic mass is 10.3. The van der Waals surface area contributed by atoms with Gasteiger partial charge in [-0.05, 0) is 26.0 Å². The van der Waals surface area contributed by atoms with Gasteiger partial charge < -0.3 is 10.2 Å². The molecule has 0 aliphatic rings. The van der Waals surface area contributed by atoms with Gasteiger partial charge in [0.15, 0.2) is 0 Å². The molecule has 0 aromatic rings. The minimum absolute atomic E-state index is 0.254. The van der Waals surface area contributed by atoms with Gasteiger partial charge in [-0.15, -0.1) is 0 Å². The summed E-state index contributed by atoms with van der Waals surface area (Å²) in [7, 11) is 0. The number of hydrogen-bond acceptors (Lipinski definition) is 4. The molecule has 0 radical (unpaired) electrons. The minimum atomic E-state index is -0.633. The van der Waals surface area contributed by atoms with Crippen LogP contribution in [-0.4, -0.2) is 19.2 Å². The number of aliphatic imine (C=N–C) groups is 1. The summed E-state index contributed by atoms with van der Waals surface area (Å²) in [6, 6.07) is 0. The summed E-state index contributed by atoms with van der Waals surface area (Å²) in [5.41, 5.74) is 3.23. The van der Waals surface area contributed by atoms with E-state index in [2.05, 4.69) is 10.4 Å². The zero-order valence-electron chi connectivity index (χ0n) is 11.1. The predicted octanol–water partition coefficient (Wildman–Crippen LogP) is 2.68. The van der Waals surface area contributed by atoms with Crippen LogP contribution in [0.4, 0.5) is 8.78 Å². The van der Waals surface area contributed by atoms with Gasteiger partial charge in [0.1, 0.15) is 19.1 Å². The molecule has 0 saturated heterocycles. The fourth-order valence-electron chi connectivity index (χ4n) is 0.932. The molecular formula is C13H19F2N3O. The molecule has 3 N–H and O–H groups in total. The summed E-state index contributed by atoms with van der Waals surface area (Å²) in [6.45, 7) is 2.81. The third-order valence-electron chi connectivity index (χ3n) is 1.64. The molecule has 0 atom stereocenters. The third-order valence-corrected chi connectivity index (χ3v) is 1.64. The van der Waals surface area contributed by atoms with Gasteiger partial charge in [-0.1, -0.05) is 17.7 Å².